The lowest BCUT2D eigenvalue weighted by molar-refractivity contribution is 0.101. The number of hydrogen-bond donors (Lipinski definition) is 2. The van der Waals surface area contributed by atoms with Gasteiger partial charge in [0.05, 0.1) is 18.0 Å². The van der Waals surface area contributed by atoms with Crippen LogP contribution in [0, 0.1) is 18.6 Å². The largest absolute Gasteiger partial charge is 0.453 e. The first kappa shape index (κ1) is 27.5. The van der Waals surface area contributed by atoms with E-state index in [9.17, 15) is 23.2 Å². The summed E-state index contributed by atoms with van der Waals surface area (Å²) in [6.45, 7) is 1.69. The number of carbonyl (C=O) groups is 2. The number of aryl methyl sites for hydroxylation is 1. The minimum absolute atomic E-state index is 0.0996. The summed E-state index contributed by atoms with van der Waals surface area (Å²) in [6, 6.07) is 17.1. The van der Waals surface area contributed by atoms with Gasteiger partial charge in [-0.2, -0.15) is 11.3 Å². The molecule has 0 unspecified atom stereocenters. The standard InChI is InChI=1S/C31H21F2N5O4S/c1-18-2-9-24(31(41)38(18)22-6-3-20(32)4-7-22)30(40)34-21-5-10-26(25(33)14-21)42-23-8-11-28-35-27(16-37(28)15-23)36-29(39)19-12-13-43-17-19/h2-17H,1H3,(H,34,40)(H,36,39). The van der Waals surface area contributed by atoms with E-state index in [0.717, 1.165) is 6.07 Å². The number of amides is 2. The van der Waals surface area contributed by atoms with Crippen LogP contribution < -0.4 is 20.9 Å². The Hall–Kier alpha value is -5.62. The highest BCUT2D eigenvalue weighted by atomic mass is 32.1. The number of nitrogens with zero attached hydrogens (tertiary/aromatic N) is 3. The predicted octanol–water partition coefficient (Wildman–Crippen LogP) is 6.43. The molecule has 0 atom stereocenters. The summed E-state index contributed by atoms with van der Waals surface area (Å²) in [5.74, 6) is -1.67. The maximum Gasteiger partial charge on any atom is 0.268 e. The lowest BCUT2D eigenvalue weighted by Gasteiger charge is -2.13. The molecule has 12 heteroatoms. The number of halogens is 2. The lowest BCUT2D eigenvalue weighted by Crippen LogP contribution is -2.29. The van der Waals surface area contributed by atoms with Crippen LogP contribution in [-0.2, 0) is 0 Å². The molecular weight excluding hydrogens is 576 g/mol. The molecule has 43 heavy (non-hydrogen) atoms. The minimum atomic E-state index is -0.750. The van der Waals surface area contributed by atoms with E-state index in [0.29, 0.717) is 34.2 Å². The van der Waals surface area contributed by atoms with E-state index in [-0.39, 0.29) is 22.9 Å². The second kappa shape index (κ2) is 11.3. The van der Waals surface area contributed by atoms with Crippen LogP contribution in [0.2, 0.25) is 0 Å². The third kappa shape index (κ3) is 5.76. The number of carbonyl (C=O) groups excluding carboxylic acids is 2. The second-order valence-corrected chi connectivity index (χ2v) is 10.2. The number of imidazole rings is 1. The molecule has 2 amide bonds. The van der Waals surface area contributed by atoms with E-state index in [4.69, 9.17) is 4.74 Å². The third-order valence-corrected chi connectivity index (χ3v) is 7.16. The van der Waals surface area contributed by atoms with Gasteiger partial charge in [-0.1, -0.05) is 0 Å². The van der Waals surface area contributed by atoms with Crippen LogP contribution in [0.5, 0.6) is 11.5 Å². The topological polar surface area (TPSA) is 107 Å². The van der Waals surface area contributed by atoms with Crippen molar-refractivity contribution in [1.82, 2.24) is 14.0 Å². The molecule has 2 aromatic carbocycles. The van der Waals surface area contributed by atoms with E-state index < -0.39 is 23.1 Å². The van der Waals surface area contributed by atoms with Gasteiger partial charge in [-0.15, -0.1) is 0 Å². The lowest BCUT2D eigenvalue weighted by atomic mass is 10.2. The molecule has 0 radical (unpaired) electrons. The van der Waals surface area contributed by atoms with Crippen molar-refractivity contribution in [2.45, 2.75) is 6.92 Å². The van der Waals surface area contributed by atoms with Crippen LogP contribution in [0.4, 0.5) is 20.3 Å². The Morgan fingerprint density at radius 1 is 0.907 bits per heavy atom. The summed E-state index contributed by atoms with van der Waals surface area (Å²) in [6.07, 6.45) is 3.19. The quantitative estimate of drug-likeness (QED) is 0.221. The summed E-state index contributed by atoms with van der Waals surface area (Å²) in [5.41, 5.74) is 1.36. The predicted molar refractivity (Wildman–Crippen MR) is 159 cm³/mol. The van der Waals surface area contributed by atoms with Gasteiger partial charge in [-0.25, -0.2) is 13.8 Å². The molecule has 9 nitrogen and oxygen atoms in total. The van der Waals surface area contributed by atoms with Gasteiger partial charge in [0, 0.05) is 28.5 Å². The Bertz CT molecular complexity index is 2050. The molecule has 0 fully saturated rings. The normalized spacial score (nSPS) is 11.0. The van der Waals surface area contributed by atoms with Gasteiger partial charge in [-0.3, -0.25) is 19.0 Å². The van der Waals surface area contributed by atoms with Gasteiger partial charge in [0.2, 0.25) is 0 Å². The SMILES string of the molecule is Cc1ccc(C(=O)Nc2ccc(Oc3ccc4nc(NC(=O)c5ccsc5)cn4c3)c(F)c2)c(=O)n1-c1ccc(F)cc1. The minimum Gasteiger partial charge on any atom is -0.453 e. The molecule has 0 saturated heterocycles. The van der Waals surface area contributed by atoms with Crippen molar-refractivity contribution in [2.24, 2.45) is 0 Å². The van der Waals surface area contributed by atoms with Gasteiger partial charge in [0.1, 0.15) is 22.8 Å². The van der Waals surface area contributed by atoms with Crippen LogP contribution in [-0.4, -0.2) is 25.8 Å². The Labute approximate surface area is 246 Å². The number of benzene rings is 2. The zero-order valence-corrected chi connectivity index (χ0v) is 23.2. The number of rotatable bonds is 7. The summed E-state index contributed by atoms with van der Waals surface area (Å²) in [4.78, 5) is 42.7. The van der Waals surface area contributed by atoms with Crippen LogP contribution in [0.1, 0.15) is 26.4 Å². The van der Waals surface area contributed by atoms with Gasteiger partial charge in [-0.05, 0) is 79.0 Å². The monoisotopic (exact) mass is 597 g/mol. The molecule has 4 heterocycles. The highest BCUT2D eigenvalue weighted by Gasteiger charge is 2.17. The number of pyridine rings is 2. The van der Waals surface area contributed by atoms with E-state index in [1.165, 1.54) is 58.4 Å². The molecule has 0 bridgehead atoms. The molecule has 6 rings (SSSR count). The zero-order chi connectivity index (χ0) is 30.1. The third-order valence-electron chi connectivity index (χ3n) is 6.47. The number of nitrogens with one attached hydrogen (secondary N) is 2. The number of fused-ring (bicyclic) bond motifs is 1. The van der Waals surface area contributed by atoms with E-state index in [1.54, 1.807) is 58.7 Å². The van der Waals surface area contributed by atoms with Crippen molar-refractivity contribution >= 4 is 40.3 Å². The smallest absolute Gasteiger partial charge is 0.268 e. The summed E-state index contributed by atoms with van der Waals surface area (Å²) in [7, 11) is 0. The van der Waals surface area contributed by atoms with Crippen molar-refractivity contribution < 1.29 is 23.1 Å². The average Bonchev–Trinajstić information content (AvgIpc) is 3.65. The fraction of sp³-hybridized carbons (Fsp3) is 0.0323. The summed E-state index contributed by atoms with van der Waals surface area (Å²) in [5, 5.41) is 8.81. The highest BCUT2D eigenvalue weighted by Crippen LogP contribution is 2.28. The van der Waals surface area contributed by atoms with Gasteiger partial charge in [0.15, 0.2) is 17.4 Å². The van der Waals surface area contributed by atoms with E-state index >= 15 is 0 Å². The molecule has 0 spiro atoms. The average molecular weight is 598 g/mol. The number of anilines is 2. The Kier molecular flexibility index (Phi) is 7.26. The molecule has 0 aliphatic carbocycles. The Balaban J connectivity index is 1.16. The number of aromatic nitrogens is 3. The van der Waals surface area contributed by atoms with Crippen molar-refractivity contribution in [2.75, 3.05) is 10.6 Å². The first-order valence-electron chi connectivity index (χ1n) is 12.8. The fourth-order valence-electron chi connectivity index (χ4n) is 4.38. The van der Waals surface area contributed by atoms with E-state index in [2.05, 4.69) is 15.6 Å². The first-order valence-corrected chi connectivity index (χ1v) is 13.8. The molecule has 6 aromatic rings. The molecule has 0 aliphatic rings. The molecule has 214 valence electrons. The summed E-state index contributed by atoms with van der Waals surface area (Å²) >= 11 is 1.41. The first-order chi connectivity index (χ1) is 20.7. The summed E-state index contributed by atoms with van der Waals surface area (Å²) < 4.78 is 37.0. The van der Waals surface area contributed by atoms with Crippen molar-refractivity contribution in [3.63, 3.8) is 0 Å². The molecule has 4 aromatic heterocycles. The van der Waals surface area contributed by atoms with Gasteiger partial charge >= 0.3 is 0 Å². The fourth-order valence-corrected chi connectivity index (χ4v) is 5.01. The van der Waals surface area contributed by atoms with Gasteiger partial charge < -0.3 is 19.8 Å². The zero-order valence-electron chi connectivity index (χ0n) is 22.4. The van der Waals surface area contributed by atoms with Crippen molar-refractivity contribution in [1.29, 1.82) is 0 Å². The highest BCUT2D eigenvalue weighted by molar-refractivity contribution is 7.08. The molecule has 0 aliphatic heterocycles. The molecule has 2 N–H and O–H groups in total. The van der Waals surface area contributed by atoms with Crippen LogP contribution >= 0.6 is 11.3 Å². The number of thiophene rings is 1. The van der Waals surface area contributed by atoms with Crippen LogP contribution in [0.15, 0.2) is 101 Å². The Morgan fingerprint density at radius 2 is 1.72 bits per heavy atom. The maximum absolute atomic E-state index is 15.0. The number of ether oxygens (including phenoxy) is 1. The van der Waals surface area contributed by atoms with Crippen molar-refractivity contribution in [3.05, 3.63) is 135 Å². The Morgan fingerprint density at radius 3 is 2.47 bits per heavy atom. The maximum atomic E-state index is 15.0. The van der Waals surface area contributed by atoms with Gasteiger partial charge in [0.25, 0.3) is 17.4 Å². The molecular formula is C31H21F2N5O4S. The van der Waals surface area contributed by atoms with Crippen LogP contribution in [0.25, 0.3) is 11.3 Å². The second-order valence-electron chi connectivity index (χ2n) is 9.43. The van der Waals surface area contributed by atoms with E-state index in [1.807, 2.05) is 0 Å². The van der Waals surface area contributed by atoms with Crippen LogP contribution in [0.3, 0.4) is 0 Å². The van der Waals surface area contributed by atoms with Crippen molar-refractivity contribution in [3.8, 4) is 17.2 Å². The number of hydrogen-bond acceptors (Lipinski definition) is 6. The molecule has 0 saturated carbocycles.